The molecule has 1 aliphatic rings. The largest absolute Gasteiger partial charge is 0.380 e. The third kappa shape index (κ3) is 6.64. The fourth-order valence-corrected chi connectivity index (χ4v) is 4.71. The van der Waals surface area contributed by atoms with Crippen molar-refractivity contribution in [3.8, 4) is 0 Å². The lowest BCUT2D eigenvalue weighted by atomic mass is 10.1. The van der Waals surface area contributed by atoms with E-state index in [0.717, 1.165) is 24.5 Å². The summed E-state index contributed by atoms with van der Waals surface area (Å²) in [6.07, 6.45) is 1.39. The van der Waals surface area contributed by atoms with Crippen LogP contribution in [0.1, 0.15) is 29.8 Å². The van der Waals surface area contributed by atoms with Crippen LogP contribution < -0.4 is 26.6 Å². The van der Waals surface area contributed by atoms with Gasteiger partial charge in [-0.15, -0.1) is 0 Å². The first-order valence-corrected chi connectivity index (χ1v) is 13.2. The minimum atomic E-state index is -0.644. The van der Waals surface area contributed by atoms with Gasteiger partial charge < -0.3 is 31.5 Å². The number of hydrogen-bond acceptors (Lipinski definition) is 9. The number of nitrogens with two attached hydrogens (primary N) is 1. The average Bonchev–Trinajstić information content (AvgIpc) is 2.97. The molecule has 5 N–H and O–H groups in total. The summed E-state index contributed by atoms with van der Waals surface area (Å²) in [4.78, 5) is 44.0. The van der Waals surface area contributed by atoms with Crippen molar-refractivity contribution >= 4 is 40.4 Å². The molecule has 1 atom stereocenters. The number of benzene rings is 2. The number of amides is 2. The number of carbonyl (C=O) groups is 2. The summed E-state index contributed by atoms with van der Waals surface area (Å²) in [5.41, 5.74) is 8.58. The van der Waals surface area contributed by atoms with Crippen LogP contribution in [0.3, 0.4) is 0 Å². The number of rotatable bonds is 11. The van der Waals surface area contributed by atoms with Crippen LogP contribution in [0.25, 0.3) is 0 Å². The number of likely N-dealkylation sites (N-methyl/N-ethyl adjacent to an activating group) is 1. The standard InChI is InChI=1S/C28H34N8O4/c1-3-34(4-2)28(38)25-18-30-12-13-35(25)21-10-8-20(9-11-21)33-26-15-24(23(17-32-26)27(29)37)31-16-19-6-5-7-22(14-19)36(39)40/h5-11,14-15,17,25,30H,3-4,12-13,16,18H2,1-2H3,(H2,29,37)(H2,31,32,33). The van der Waals surface area contributed by atoms with Crippen LogP contribution in [0.15, 0.2) is 60.8 Å². The Morgan fingerprint density at radius 1 is 1.18 bits per heavy atom. The van der Waals surface area contributed by atoms with E-state index in [-0.39, 0.29) is 29.7 Å². The molecule has 1 unspecified atom stereocenters. The molecule has 3 aromatic rings. The van der Waals surface area contributed by atoms with E-state index in [9.17, 15) is 19.7 Å². The maximum atomic E-state index is 13.1. The predicted octanol–water partition coefficient (Wildman–Crippen LogP) is 3.09. The van der Waals surface area contributed by atoms with Crippen molar-refractivity contribution in [1.29, 1.82) is 0 Å². The van der Waals surface area contributed by atoms with Crippen LogP contribution in [0.5, 0.6) is 0 Å². The zero-order valence-electron chi connectivity index (χ0n) is 22.6. The molecule has 1 aromatic heterocycles. The molecule has 1 fully saturated rings. The number of non-ortho nitro benzene ring substituents is 1. The summed E-state index contributed by atoms with van der Waals surface area (Å²) in [6, 6.07) is 15.4. The maximum Gasteiger partial charge on any atom is 0.269 e. The number of primary amides is 1. The minimum Gasteiger partial charge on any atom is -0.380 e. The Balaban J connectivity index is 1.49. The van der Waals surface area contributed by atoms with Gasteiger partial charge in [0.15, 0.2) is 0 Å². The highest BCUT2D eigenvalue weighted by molar-refractivity contribution is 5.98. The van der Waals surface area contributed by atoms with Crippen LogP contribution in [-0.2, 0) is 11.3 Å². The van der Waals surface area contributed by atoms with E-state index < -0.39 is 10.8 Å². The van der Waals surface area contributed by atoms with E-state index in [2.05, 4.69) is 25.8 Å². The molecule has 12 heteroatoms. The molecule has 1 saturated heterocycles. The van der Waals surface area contributed by atoms with Crippen molar-refractivity contribution in [1.82, 2.24) is 15.2 Å². The summed E-state index contributed by atoms with van der Waals surface area (Å²) in [5.74, 6) is -0.0471. The van der Waals surface area contributed by atoms with Gasteiger partial charge in [-0.1, -0.05) is 12.1 Å². The highest BCUT2D eigenvalue weighted by Gasteiger charge is 2.31. The second-order valence-electron chi connectivity index (χ2n) is 9.36. The molecule has 4 rings (SSSR count). The maximum absolute atomic E-state index is 13.1. The van der Waals surface area contributed by atoms with Crippen LogP contribution >= 0.6 is 0 Å². The van der Waals surface area contributed by atoms with Crippen molar-refractivity contribution in [2.75, 3.05) is 48.3 Å². The quantitative estimate of drug-likeness (QED) is 0.209. The summed E-state index contributed by atoms with van der Waals surface area (Å²) < 4.78 is 0. The normalized spacial score (nSPS) is 14.8. The highest BCUT2D eigenvalue weighted by atomic mass is 16.6. The second kappa shape index (κ2) is 12.9. The number of carbonyl (C=O) groups excluding carboxylic acids is 2. The van der Waals surface area contributed by atoms with Crippen molar-refractivity contribution in [3.05, 3.63) is 82.0 Å². The topological polar surface area (TPSA) is 159 Å². The molecule has 0 bridgehead atoms. The zero-order chi connectivity index (χ0) is 28.6. The fraction of sp³-hybridized carbons (Fsp3) is 0.321. The molecule has 2 heterocycles. The molecule has 12 nitrogen and oxygen atoms in total. The van der Waals surface area contributed by atoms with Gasteiger partial charge in [-0.3, -0.25) is 19.7 Å². The van der Waals surface area contributed by atoms with Crippen LogP contribution in [0, 0.1) is 10.1 Å². The van der Waals surface area contributed by atoms with E-state index >= 15 is 0 Å². The average molecular weight is 547 g/mol. The number of nitrogens with one attached hydrogen (secondary N) is 3. The van der Waals surface area contributed by atoms with Gasteiger partial charge in [0.25, 0.3) is 11.6 Å². The van der Waals surface area contributed by atoms with Gasteiger partial charge in [0.05, 0.1) is 16.2 Å². The molecule has 1 aliphatic heterocycles. The number of piperazine rings is 1. The Morgan fingerprint density at radius 2 is 1.93 bits per heavy atom. The lowest BCUT2D eigenvalue weighted by Crippen LogP contribution is -2.58. The number of hydrogen-bond donors (Lipinski definition) is 4. The minimum absolute atomic E-state index is 0.0143. The van der Waals surface area contributed by atoms with Crippen LogP contribution in [0.4, 0.5) is 28.6 Å². The van der Waals surface area contributed by atoms with Gasteiger partial charge in [0.2, 0.25) is 5.91 Å². The van der Waals surface area contributed by atoms with Gasteiger partial charge in [-0.2, -0.15) is 0 Å². The highest BCUT2D eigenvalue weighted by Crippen LogP contribution is 2.26. The van der Waals surface area contributed by atoms with Gasteiger partial charge in [0, 0.05) is 75.0 Å². The molecule has 0 saturated carbocycles. The summed E-state index contributed by atoms with van der Waals surface area (Å²) in [6.45, 7) is 7.68. The molecule has 0 radical (unpaired) electrons. The summed E-state index contributed by atoms with van der Waals surface area (Å²) >= 11 is 0. The lowest BCUT2D eigenvalue weighted by molar-refractivity contribution is -0.384. The van der Waals surface area contributed by atoms with E-state index in [1.165, 1.54) is 18.3 Å². The van der Waals surface area contributed by atoms with Crippen molar-refractivity contribution in [2.45, 2.75) is 26.4 Å². The number of nitro groups is 1. The first-order chi connectivity index (χ1) is 19.3. The van der Waals surface area contributed by atoms with E-state index in [4.69, 9.17) is 5.73 Å². The van der Waals surface area contributed by atoms with Gasteiger partial charge in [-0.05, 0) is 43.7 Å². The van der Waals surface area contributed by atoms with Crippen molar-refractivity contribution < 1.29 is 14.5 Å². The SMILES string of the molecule is CCN(CC)C(=O)C1CNCCN1c1ccc(Nc2cc(NCc3cccc([N+](=O)[O-])c3)c(C(N)=O)cn2)cc1. The monoisotopic (exact) mass is 546 g/mol. The number of pyridine rings is 1. The first-order valence-electron chi connectivity index (χ1n) is 13.2. The predicted molar refractivity (Wildman–Crippen MR) is 155 cm³/mol. The molecule has 0 aliphatic carbocycles. The molecule has 0 spiro atoms. The van der Waals surface area contributed by atoms with Crippen molar-refractivity contribution in [2.24, 2.45) is 5.73 Å². The Bertz CT molecular complexity index is 1360. The number of anilines is 4. The van der Waals surface area contributed by atoms with Crippen LogP contribution in [0.2, 0.25) is 0 Å². The third-order valence-electron chi connectivity index (χ3n) is 6.85. The smallest absolute Gasteiger partial charge is 0.269 e. The first kappa shape index (κ1) is 28.3. The Morgan fingerprint density at radius 3 is 2.60 bits per heavy atom. The van der Waals surface area contributed by atoms with Crippen LogP contribution in [-0.4, -0.2) is 65.4 Å². The van der Waals surface area contributed by atoms with E-state index in [1.54, 1.807) is 18.2 Å². The summed E-state index contributed by atoms with van der Waals surface area (Å²) in [5, 5.41) is 20.8. The number of nitro benzene ring substituents is 1. The zero-order valence-corrected chi connectivity index (χ0v) is 22.6. The Kier molecular flexibility index (Phi) is 9.12. The molecular formula is C28H34N8O4. The molecule has 2 aromatic carbocycles. The Labute approximate surface area is 232 Å². The molecule has 210 valence electrons. The second-order valence-corrected chi connectivity index (χ2v) is 9.36. The van der Waals surface area contributed by atoms with Gasteiger partial charge >= 0.3 is 0 Å². The molecule has 40 heavy (non-hydrogen) atoms. The number of aromatic nitrogens is 1. The van der Waals surface area contributed by atoms with Gasteiger partial charge in [-0.25, -0.2) is 4.98 Å². The number of nitrogens with zero attached hydrogens (tertiary/aromatic N) is 4. The Hall–Kier alpha value is -4.71. The van der Waals surface area contributed by atoms with E-state index in [1.807, 2.05) is 43.0 Å². The van der Waals surface area contributed by atoms with Gasteiger partial charge in [0.1, 0.15) is 11.9 Å². The van der Waals surface area contributed by atoms with E-state index in [0.29, 0.717) is 36.7 Å². The molecule has 2 amide bonds. The molecular weight excluding hydrogens is 512 g/mol. The van der Waals surface area contributed by atoms with Crippen molar-refractivity contribution in [3.63, 3.8) is 0 Å². The fourth-order valence-electron chi connectivity index (χ4n) is 4.71. The third-order valence-corrected chi connectivity index (χ3v) is 6.85. The summed E-state index contributed by atoms with van der Waals surface area (Å²) in [7, 11) is 0. The lowest BCUT2D eigenvalue weighted by Gasteiger charge is -2.39.